The van der Waals surface area contributed by atoms with Crippen LogP contribution >= 0.6 is 0 Å². The summed E-state index contributed by atoms with van der Waals surface area (Å²) in [6.07, 6.45) is 7.96. The number of methoxy groups -OCH3 is 1. The number of nitrogens with one attached hydrogen (secondary N) is 1. The van der Waals surface area contributed by atoms with Gasteiger partial charge in [-0.1, -0.05) is 49.2 Å². The lowest BCUT2D eigenvalue weighted by molar-refractivity contribution is -0.117. The van der Waals surface area contributed by atoms with E-state index in [0.717, 1.165) is 24.0 Å². The Morgan fingerprint density at radius 2 is 1.88 bits per heavy atom. The molecule has 0 aliphatic heterocycles. The highest BCUT2D eigenvalue weighted by molar-refractivity contribution is 5.92. The first-order valence-electron chi connectivity index (χ1n) is 9.08. The highest BCUT2D eigenvalue weighted by Gasteiger charge is 2.15. The molecule has 4 nitrogen and oxygen atoms in total. The zero-order valence-electron chi connectivity index (χ0n) is 15.1. The Kier molecular flexibility index (Phi) is 6.31. The van der Waals surface area contributed by atoms with Crippen LogP contribution in [0.4, 0.5) is 0 Å². The van der Waals surface area contributed by atoms with Crippen molar-refractivity contribution in [2.24, 2.45) is 0 Å². The van der Waals surface area contributed by atoms with E-state index in [-0.39, 0.29) is 5.91 Å². The van der Waals surface area contributed by atoms with Crippen LogP contribution in [0.2, 0.25) is 0 Å². The van der Waals surface area contributed by atoms with Gasteiger partial charge in [0.15, 0.2) is 11.5 Å². The van der Waals surface area contributed by atoms with Crippen LogP contribution in [0.3, 0.4) is 0 Å². The summed E-state index contributed by atoms with van der Waals surface area (Å²) in [5.74, 6) is 1.29. The van der Waals surface area contributed by atoms with Crippen molar-refractivity contribution in [3.8, 4) is 11.5 Å². The van der Waals surface area contributed by atoms with Crippen LogP contribution in [0.15, 0.2) is 54.6 Å². The van der Waals surface area contributed by atoms with Gasteiger partial charge in [-0.05, 0) is 42.2 Å². The Bertz CT molecular complexity index is 749. The van der Waals surface area contributed by atoms with E-state index in [1.807, 2.05) is 48.5 Å². The average molecular weight is 351 g/mol. The molecule has 4 heteroatoms. The highest BCUT2D eigenvalue weighted by Crippen LogP contribution is 2.29. The summed E-state index contributed by atoms with van der Waals surface area (Å²) in [5, 5.41) is 3.05. The molecule has 2 aromatic rings. The van der Waals surface area contributed by atoms with Gasteiger partial charge in [0.2, 0.25) is 5.91 Å². The van der Waals surface area contributed by atoms with Crippen LogP contribution in [0.25, 0.3) is 6.08 Å². The van der Waals surface area contributed by atoms with Crippen molar-refractivity contribution in [3.63, 3.8) is 0 Å². The summed E-state index contributed by atoms with van der Waals surface area (Å²) in [7, 11) is 1.62. The third kappa shape index (κ3) is 5.12. The van der Waals surface area contributed by atoms with Gasteiger partial charge in [-0.3, -0.25) is 4.79 Å². The second-order valence-corrected chi connectivity index (χ2v) is 6.51. The molecule has 0 spiro atoms. The van der Waals surface area contributed by atoms with Crippen molar-refractivity contribution in [3.05, 3.63) is 65.7 Å². The number of amides is 1. The first-order chi connectivity index (χ1) is 12.7. The number of ether oxygens (including phenoxy) is 2. The maximum Gasteiger partial charge on any atom is 0.244 e. The van der Waals surface area contributed by atoms with E-state index in [2.05, 4.69) is 5.32 Å². The monoisotopic (exact) mass is 351 g/mol. The van der Waals surface area contributed by atoms with Crippen molar-refractivity contribution in [1.82, 2.24) is 5.32 Å². The van der Waals surface area contributed by atoms with E-state index in [1.165, 1.54) is 12.8 Å². The summed E-state index contributed by atoms with van der Waals surface area (Å²) < 4.78 is 11.3. The van der Waals surface area contributed by atoms with Gasteiger partial charge in [0.1, 0.15) is 6.61 Å². The van der Waals surface area contributed by atoms with Gasteiger partial charge in [-0.25, -0.2) is 0 Å². The Balaban J connectivity index is 1.60. The van der Waals surface area contributed by atoms with Crippen LogP contribution < -0.4 is 14.8 Å². The highest BCUT2D eigenvalue weighted by atomic mass is 16.5. The zero-order valence-corrected chi connectivity index (χ0v) is 15.1. The molecule has 26 heavy (non-hydrogen) atoms. The fraction of sp³-hybridized carbons (Fsp3) is 0.318. The molecule has 0 atom stereocenters. The van der Waals surface area contributed by atoms with Crippen LogP contribution in [0.1, 0.15) is 36.8 Å². The number of hydrogen-bond donors (Lipinski definition) is 1. The van der Waals surface area contributed by atoms with Gasteiger partial charge >= 0.3 is 0 Å². The number of carbonyl (C=O) groups excluding carboxylic acids is 1. The van der Waals surface area contributed by atoms with Crippen molar-refractivity contribution in [2.45, 2.75) is 38.3 Å². The molecule has 1 N–H and O–H groups in total. The quantitative estimate of drug-likeness (QED) is 0.755. The second kappa shape index (κ2) is 9.09. The number of hydrogen-bond acceptors (Lipinski definition) is 3. The van der Waals surface area contributed by atoms with Crippen LogP contribution in [0, 0.1) is 0 Å². The van der Waals surface area contributed by atoms with Crippen molar-refractivity contribution < 1.29 is 14.3 Å². The molecule has 0 saturated heterocycles. The van der Waals surface area contributed by atoms with Gasteiger partial charge in [0.05, 0.1) is 7.11 Å². The molecule has 0 heterocycles. The standard InChI is InChI=1S/C22H25NO3/c1-25-21-15-17(12-14-22(24)23-19-9-5-6-10-19)11-13-20(21)26-16-18-7-3-2-4-8-18/h2-4,7-8,11-15,19H,5-6,9-10,16H2,1H3,(H,23,24)/b14-12+. The van der Waals surface area contributed by atoms with Gasteiger partial charge in [-0.2, -0.15) is 0 Å². The normalized spacial score (nSPS) is 14.5. The molecule has 1 aliphatic rings. The summed E-state index contributed by atoms with van der Waals surface area (Å²) >= 11 is 0. The molecule has 0 aromatic heterocycles. The third-order valence-corrected chi connectivity index (χ3v) is 4.55. The average Bonchev–Trinajstić information content (AvgIpc) is 3.18. The lowest BCUT2D eigenvalue weighted by Gasteiger charge is -2.11. The molecule has 1 fully saturated rings. The zero-order chi connectivity index (χ0) is 18.2. The van der Waals surface area contributed by atoms with Crippen LogP contribution in [-0.4, -0.2) is 19.1 Å². The summed E-state index contributed by atoms with van der Waals surface area (Å²) in [4.78, 5) is 12.0. The number of carbonyl (C=O) groups is 1. The third-order valence-electron chi connectivity index (χ3n) is 4.55. The predicted molar refractivity (Wildman–Crippen MR) is 103 cm³/mol. The predicted octanol–water partition coefficient (Wildman–Crippen LogP) is 4.35. The maximum atomic E-state index is 12.0. The van der Waals surface area contributed by atoms with E-state index in [0.29, 0.717) is 24.1 Å². The lowest BCUT2D eigenvalue weighted by atomic mass is 10.1. The number of rotatable bonds is 7. The minimum absolute atomic E-state index is 0.0414. The van der Waals surface area contributed by atoms with Crippen LogP contribution in [0.5, 0.6) is 11.5 Å². The smallest absolute Gasteiger partial charge is 0.244 e. The topological polar surface area (TPSA) is 47.6 Å². The Labute approximate surface area is 154 Å². The Morgan fingerprint density at radius 1 is 1.12 bits per heavy atom. The summed E-state index contributed by atoms with van der Waals surface area (Å²) in [6.45, 7) is 0.482. The summed E-state index contributed by atoms with van der Waals surface area (Å²) in [5.41, 5.74) is 2.00. The maximum absolute atomic E-state index is 12.0. The minimum atomic E-state index is -0.0414. The SMILES string of the molecule is COc1cc(/C=C/C(=O)NC2CCCC2)ccc1OCc1ccccc1. The molecule has 1 aliphatic carbocycles. The van der Waals surface area contributed by atoms with Crippen molar-refractivity contribution in [1.29, 1.82) is 0 Å². The minimum Gasteiger partial charge on any atom is -0.493 e. The fourth-order valence-electron chi connectivity index (χ4n) is 3.13. The Hall–Kier alpha value is -2.75. The fourth-order valence-corrected chi connectivity index (χ4v) is 3.13. The molecule has 2 aromatic carbocycles. The lowest BCUT2D eigenvalue weighted by Crippen LogP contribution is -2.30. The van der Waals surface area contributed by atoms with E-state index in [9.17, 15) is 4.79 Å². The molecule has 0 unspecified atom stereocenters. The van der Waals surface area contributed by atoms with Gasteiger partial charge in [-0.15, -0.1) is 0 Å². The van der Waals surface area contributed by atoms with E-state index in [1.54, 1.807) is 19.3 Å². The largest absolute Gasteiger partial charge is 0.493 e. The van der Waals surface area contributed by atoms with Gasteiger partial charge in [0, 0.05) is 12.1 Å². The molecule has 0 bridgehead atoms. The first kappa shape index (κ1) is 18.1. The molecule has 136 valence electrons. The molecular formula is C22H25NO3. The second-order valence-electron chi connectivity index (χ2n) is 6.51. The molecular weight excluding hydrogens is 326 g/mol. The van der Waals surface area contributed by atoms with E-state index < -0.39 is 0 Å². The van der Waals surface area contributed by atoms with Crippen molar-refractivity contribution in [2.75, 3.05) is 7.11 Å². The molecule has 0 radical (unpaired) electrons. The number of benzene rings is 2. The van der Waals surface area contributed by atoms with Gasteiger partial charge < -0.3 is 14.8 Å². The Morgan fingerprint density at radius 3 is 2.62 bits per heavy atom. The summed E-state index contributed by atoms with van der Waals surface area (Å²) in [6, 6.07) is 16.0. The first-order valence-corrected chi connectivity index (χ1v) is 9.08. The van der Waals surface area contributed by atoms with Gasteiger partial charge in [0.25, 0.3) is 0 Å². The molecule has 1 amide bonds. The molecule has 1 saturated carbocycles. The van der Waals surface area contributed by atoms with E-state index >= 15 is 0 Å². The van der Waals surface area contributed by atoms with E-state index in [4.69, 9.17) is 9.47 Å². The van der Waals surface area contributed by atoms with Crippen molar-refractivity contribution >= 4 is 12.0 Å². The van der Waals surface area contributed by atoms with Crippen LogP contribution in [-0.2, 0) is 11.4 Å². The molecule has 3 rings (SSSR count).